The zero-order valence-electron chi connectivity index (χ0n) is 17.4. The number of hydrogen-bond donors (Lipinski definition) is 2. The zero-order chi connectivity index (χ0) is 20.1. The highest BCUT2D eigenvalue weighted by molar-refractivity contribution is 14.0. The molecule has 0 fully saturated rings. The van der Waals surface area contributed by atoms with Crippen molar-refractivity contribution in [1.29, 1.82) is 0 Å². The second-order valence-corrected chi connectivity index (χ2v) is 6.80. The van der Waals surface area contributed by atoms with Crippen molar-refractivity contribution in [3.05, 3.63) is 15.6 Å². The summed E-state index contributed by atoms with van der Waals surface area (Å²) < 4.78 is 15.5. The van der Waals surface area contributed by atoms with Crippen LogP contribution >= 0.6 is 35.3 Å². The van der Waals surface area contributed by atoms with Crippen LogP contribution in [0.25, 0.3) is 0 Å². The lowest BCUT2D eigenvalue weighted by Crippen LogP contribution is -2.38. The standard InChI is InChI=1S/C18H32N4O4S.HI/c1-6-19-18(20-9-8-10-25-12-11-24-5)22-14(4)16-21-13(3)15(27-16)17(23)26-7-2;/h14H,6-12H2,1-5H3,(H2,19,20,22);1H. The van der Waals surface area contributed by atoms with E-state index >= 15 is 0 Å². The molecule has 10 heteroatoms. The van der Waals surface area contributed by atoms with E-state index in [2.05, 4.69) is 20.6 Å². The quantitative estimate of drug-likeness (QED) is 0.142. The highest BCUT2D eigenvalue weighted by atomic mass is 127. The number of ether oxygens (including phenoxy) is 3. The molecular weight excluding hydrogens is 495 g/mol. The Morgan fingerprint density at radius 1 is 1.29 bits per heavy atom. The van der Waals surface area contributed by atoms with Crippen molar-refractivity contribution >= 4 is 47.2 Å². The van der Waals surface area contributed by atoms with E-state index in [-0.39, 0.29) is 36.0 Å². The summed E-state index contributed by atoms with van der Waals surface area (Å²) in [5, 5.41) is 7.38. The molecule has 2 N–H and O–H groups in total. The van der Waals surface area contributed by atoms with Gasteiger partial charge in [0.1, 0.15) is 9.88 Å². The lowest BCUT2D eigenvalue weighted by Gasteiger charge is -2.16. The average Bonchev–Trinajstić information content (AvgIpc) is 3.03. The van der Waals surface area contributed by atoms with Crippen molar-refractivity contribution in [2.45, 2.75) is 40.2 Å². The third-order valence-corrected chi connectivity index (χ3v) is 4.81. The van der Waals surface area contributed by atoms with E-state index in [4.69, 9.17) is 14.2 Å². The summed E-state index contributed by atoms with van der Waals surface area (Å²) in [7, 11) is 1.66. The second kappa shape index (κ2) is 15.9. The molecule has 0 saturated carbocycles. The predicted molar refractivity (Wildman–Crippen MR) is 123 cm³/mol. The summed E-state index contributed by atoms with van der Waals surface area (Å²) in [5.74, 6) is 0.396. The Morgan fingerprint density at radius 2 is 2.04 bits per heavy atom. The number of thiazole rings is 1. The Bertz CT molecular complexity index is 598. The minimum absolute atomic E-state index is 0. The first-order valence-corrected chi connectivity index (χ1v) is 10.1. The molecule has 1 atom stereocenters. The maximum Gasteiger partial charge on any atom is 0.350 e. The normalized spacial score (nSPS) is 12.2. The molecule has 8 nitrogen and oxygen atoms in total. The minimum atomic E-state index is -0.319. The maximum atomic E-state index is 12.0. The van der Waals surface area contributed by atoms with Gasteiger partial charge in [0.2, 0.25) is 0 Å². The topological polar surface area (TPSA) is 94.1 Å². The Labute approximate surface area is 188 Å². The Balaban J connectivity index is 0.00000729. The van der Waals surface area contributed by atoms with Gasteiger partial charge in [-0.15, -0.1) is 35.3 Å². The van der Waals surface area contributed by atoms with Gasteiger partial charge in [0.15, 0.2) is 5.96 Å². The van der Waals surface area contributed by atoms with Crippen LogP contribution in [0, 0.1) is 6.92 Å². The molecule has 1 aromatic heterocycles. The van der Waals surface area contributed by atoms with Crippen LogP contribution in [0.1, 0.15) is 53.6 Å². The fraction of sp³-hybridized carbons (Fsp3) is 0.722. The molecule has 1 aromatic rings. The molecule has 28 heavy (non-hydrogen) atoms. The van der Waals surface area contributed by atoms with Crippen LogP contribution in [0.4, 0.5) is 0 Å². The number of methoxy groups -OCH3 is 1. The average molecular weight is 528 g/mol. The van der Waals surface area contributed by atoms with Crippen LogP contribution in [-0.4, -0.2) is 63.5 Å². The largest absolute Gasteiger partial charge is 0.462 e. The molecule has 0 saturated heterocycles. The van der Waals surface area contributed by atoms with E-state index in [0.29, 0.717) is 49.5 Å². The Kier molecular flexibility index (Phi) is 15.3. The van der Waals surface area contributed by atoms with Crippen molar-refractivity contribution in [3.8, 4) is 0 Å². The number of nitrogens with one attached hydrogen (secondary N) is 2. The SMILES string of the molecule is CCNC(=NCCCOCCOC)NC(C)c1nc(C)c(C(=O)OCC)s1.I. The predicted octanol–water partition coefficient (Wildman–Crippen LogP) is 2.92. The van der Waals surface area contributed by atoms with E-state index in [9.17, 15) is 4.79 Å². The van der Waals surface area contributed by atoms with Crippen LogP contribution in [0.15, 0.2) is 4.99 Å². The molecule has 1 rings (SSSR count). The molecule has 0 spiro atoms. The number of rotatable bonds is 12. The smallest absolute Gasteiger partial charge is 0.350 e. The summed E-state index contributed by atoms with van der Waals surface area (Å²) >= 11 is 1.35. The van der Waals surface area contributed by atoms with Crippen molar-refractivity contribution in [2.24, 2.45) is 4.99 Å². The lowest BCUT2D eigenvalue weighted by molar-refractivity contribution is 0.0531. The summed E-state index contributed by atoms with van der Waals surface area (Å²) in [6, 6.07) is -0.0763. The van der Waals surface area contributed by atoms with Crippen molar-refractivity contribution < 1.29 is 19.0 Å². The molecule has 162 valence electrons. The van der Waals surface area contributed by atoms with E-state index < -0.39 is 0 Å². The number of nitrogens with zero attached hydrogens (tertiary/aromatic N) is 2. The fourth-order valence-electron chi connectivity index (χ4n) is 2.18. The molecular formula is C18H33IN4O4S. The number of esters is 1. The lowest BCUT2D eigenvalue weighted by atomic mass is 10.3. The molecule has 1 heterocycles. The van der Waals surface area contributed by atoms with E-state index in [0.717, 1.165) is 18.0 Å². The molecule has 0 radical (unpaired) electrons. The van der Waals surface area contributed by atoms with Crippen LogP contribution in [0.2, 0.25) is 0 Å². The fourth-order valence-corrected chi connectivity index (χ4v) is 3.14. The highest BCUT2D eigenvalue weighted by Gasteiger charge is 2.20. The van der Waals surface area contributed by atoms with Crippen LogP contribution < -0.4 is 10.6 Å². The summed E-state index contributed by atoms with van der Waals surface area (Å²) in [4.78, 5) is 21.6. The summed E-state index contributed by atoms with van der Waals surface area (Å²) in [6.07, 6.45) is 0.831. The number of aliphatic imine (C=N–C) groups is 1. The molecule has 0 amide bonds. The molecule has 0 aliphatic heterocycles. The number of halogens is 1. The first-order chi connectivity index (χ1) is 13.0. The first kappa shape index (κ1) is 27.0. The molecule has 0 aliphatic rings. The first-order valence-electron chi connectivity index (χ1n) is 9.29. The Hall–Kier alpha value is -0.980. The third-order valence-electron chi connectivity index (χ3n) is 3.49. The number of carbonyl (C=O) groups is 1. The highest BCUT2D eigenvalue weighted by Crippen LogP contribution is 2.24. The van der Waals surface area contributed by atoms with Crippen LogP contribution in [0.5, 0.6) is 0 Å². The van der Waals surface area contributed by atoms with Gasteiger partial charge in [-0.3, -0.25) is 4.99 Å². The number of hydrogen-bond acceptors (Lipinski definition) is 7. The second-order valence-electron chi connectivity index (χ2n) is 5.77. The Morgan fingerprint density at radius 3 is 2.68 bits per heavy atom. The minimum Gasteiger partial charge on any atom is -0.462 e. The van der Waals surface area contributed by atoms with E-state index in [1.807, 2.05) is 20.8 Å². The van der Waals surface area contributed by atoms with Crippen LogP contribution in [-0.2, 0) is 14.2 Å². The molecule has 1 unspecified atom stereocenters. The van der Waals surface area contributed by atoms with Crippen molar-refractivity contribution in [2.75, 3.05) is 46.6 Å². The van der Waals surface area contributed by atoms with Gasteiger partial charge in [-0.25, -0.2) is 9.78 Å². The van der Waals surface area contributed by atoms with Gasteiger partial charge in [0.25, 0.3) is 0 Å². The van der Waals surface area contributed by atoms with Gasteiger partial charge in [-0.2, -0.15) is 0 Å². The summed E-state index contributed by atoms with van der Waals surface area (Å²) in [5.41, 5.74) is 0.692. The van der Waals surface area contributed by atoms with E-state index in [1.54, 1.807) is 14.0 Å². The zero-order valence-corrected chi connectivity index (χ0v) is 20.5. The summed E-state index contributed by atoms with van der Waals surface area (Å²) in [6.45, 7) is 11.2. The van der Waals surface area contributed by atoms with Crippen LogP contribution in [0.3, 0.4) is 0 Å². The third kappa shape index (κ3) is 9.99. The number of carbonyl (C=O) groups excluding carboxylic acids is 1. The van der Waals surface area contributed by atoms with Gasteiger partial charge in [0, 0.05) is 26.8 Å². The van der Waals surface area contributed by atoms with E-state index in [1.165, 1.54) is 11.3 Å². The van der Waals surface area contributed by atoms with Gasteiger partial charge < -0.3 is 24.8 Å². The monoisotopic (exact) mass is 528 g/mol. The van der Waals surface area contributed by atoms with Gasteiger partial charge in [-0.05, 0) is 34.1 Å². The molecule has 0 bridgehead atoms. The maximum absolute atomic E-state index is 12.0. The number of aryl methyl sites for hydroxylation is 1. The van der Waals surface area contributed by atoms with Crippen molar-refractivity contribution in [1.82, 2.24) is 15.6 Å². The molecule has 0 aromatic carbocycles. The van der Waals surface area contributed by atoms with Crippen molar-refractivity contribution in [3.63, 3.8) is 0 Å². The number of guanidine groups is 1. The van der Waals surface area contributed by atoms with Gasteiger partial charge in [0.05, 0.1) is 31.6 Å². The number of aromatic nitrogens is 1. The molecule has 0 aliphatic carbocycles. The van der Waals surface area contributed by atoms with Gasteiger partial charge >= 0.3 is 5.97 Å². The van der Waals surface area contributed by atoms with Gasteiger partial charge in [-0.1, -0.05) is 0 Å².